The van der Waals surface area contributed by atoms with Crippen molar-refractivity contribution in [1.82, 2.24) is 4.90 Å². The molecule has 0 bridgehead atoms. The van der Waals surface area contributed by atoms with Crippen molar-refractivity contribution in [3.8, 4) is 0 Å². The highest BCUT2D eigenvalue weighted by Gasteiger charge is 2.74. The summed E-state index contributed by atoms with van der Waals surface area (Å²) in [5.41, 5.74) is -1.80. The monoisotopic (exact) mass is 263 g/mol. The lowest BCUT2D eigenvalue weighted by molar-refractivity contribution is 0.0156. The van der Waals surface area contributed by atoms with Crippen molar-refractivity contribution in [1.29, 1.82) is 0 Å². The lowest BCUT2D eigenvalue weighted by atomic mass is 10.0. The van der Waals surface area contributed by atoms with Gasteiger partial charge in [-0.1, -0.05) is 0 Å². The minimum Gasteiger partial charge on any atom is -0.444 e. The van der Waals surface area contributed by atoms with E-state index < -0.39 is 29.1 Å². The van der Waals surface area contributed by atoms with Crippen molar-refractivity contribution in [2.24, 2.45) is 5.41 Å². The largest absolute Gasteiger partial charge is 0.444 e. The highest BCUT2D eigenvalue weighted by Crippen LogP contribution is 2.66. The normalized spacial score (nSPS) is 33.9. The summed E-state index contributed by atoms with van der Waals surface area (Å²) in [6.07, 6.45) is -0.674. The molecule has 2 atom stereocenters. The molecule has 0 unspecified atom stereocenters. The second kappa shape index (κ2) is 3.79. The number of amides is 1. The number of aliphatic hydroxyl groups excluding tert-OH is 1. The molecule has 0 aromatic heterocycles. The Labute approximate surface area is 105 Å². The van der Waals surface area contributed by atoms with Crippen molar-refractivity contribution >= 4 is 6.09 Å². The van der Waals surface area contributed by atoms with Crippen molar-refractivity contribution in [2.75, 3.05) is 13.2 Å². The Hall–Kier alpha value is -0.910. The van der Waals surface area contributed by atoms with Gasteiger partial charge in [0, 0.05) is 13.0 Å². The summed E-state index contributed by atoms with van der Waals surface area (Å²) in [6, 6.07) is -0.562. The summed E-state index contributed by atoms with van der Waals surface area (Å²) >= 11 is 0. The summed E-state index contributed by atoms with van der Waals surface area (Å²) in [5.74, 6) is -2.71. The molecule has 1 amide bonds. The number of hydrogen-bond acceptors (Lipinski definition) is 3. The zero-order valence-electron chi connectivity index (χ0n) is 10.9. The zero-order chi connectivity index (χ0) is 13.8. The summed E-state index contributed by atoms with van der Waals surface area (Å²) in [6.45, 7) is 4.82. The average molecular weight is 263 g/mol. The molecule has 1 saturated heterocycles. The second-order valence-corrected chi connectivity index (χ2v) is 6.31. The van der Waals surface area contributed by atoms with Crippen molar-refractivity contribution < 1.29 is 23.4 Å². The molecule has 1 heterocycles. The fourth-order valence-electron chi connectivity index (χ4n) is 2.55. The molecule has 18 heavy (non-hydrogen) atoms. The average Bonchev–Trinajstić information content (AvgIpc) is 2.54. The van der Waals surface area contributed by atoms with E-state index in [0.29, 0.717) is 0 Å². The van der Waals surface area contributed by atoms with E-state index in [1.54, 1.807) is 20.8 Å². The molecule has 1 spiro atoms. The van der Waals surface area contributed by atoms with Crippen LogP contribution >= 0.6 is 0 Å². The van der Waals surface area contributed by atoms with Gasteiger partial charge in [0.2, 0.25) is 0 Å². The van der Waals surface area contributed by atoms with E-state index in [2.05, 4.69) is 0 Å². The minimum atomic E-state index is -2.71. The van der Waals surface area contributed by atoms with Gasteiger partial charge in [0.1, 0.15) is 5.60 Å². The van der Waals surface area contributed by atoms with Crippen LogP contribution in [0.5, 0.6) is 0 Å². The third-order valence-electron chi connectivity index (χ3n) is 3.59. The van der Waals surface area contributed by atoms with E-state index in [1.807, 2.05) is 0 Å². The zero-order valence-corrected chi connectivity index (χ0v) is 10.9. The quantitative estimate of drug-likeness (QED) is 0.787. The number of hydrogen-bond donors (Lipinski definition) is 1. The minimum absolute atomic E-state index is 0.0276. The number of aliphatic hydroxyl groups is 1. The molecular weight excluding hydrogens is 244 g/mol. The molecule has 0 aromatic carbocycles. The molecule has 1 aliphatic carbocycles. The maximum atomic E-state index is 13.3. The van der Waals surface area contributed by atoms with Crippen LogP contribution in [0.25, 0.3) is 0 Å². The van der Waals surface area contributed by atoms with Gasteiger partial charge in [-0.05, 0) is 27.2 Å². The maximum Gasteiger partial charge on any atom is 0.410 e. The molecule has 0 radical (unpaired) electrons. The van der Waals surface area contributed by atoms with Crippen LogP contribution < -0.4 is 0 Å². The predicted molar refractivity (Wildman–Crippen MR) is 60.4 cm³/mol. The van der Waals surface area contributed by atoms with Crippen molar-refractivity contribution in [2.45, 2.75) is 51.2 Å². The summed E-state index contributed by atoms with van der Waals surface area (Å²) in [5, 5.41) is 9.22. The fraction of sp³-hybridized carbons (Fsp3) is 0.917. The van der Waals surface area contributed by atoms with Gasteiger partial charge in [-0.2, -0.15) is 0 Å². The Morgan fingerprint density at radius 2 is 2.06 bits per heavy atom. The molecule has 2 fully saturated rings. The molecule has 2 aliphatic rings. The highest BCUT2D eigenvalue weighted by atomic mass is 19.3. The number of carbonyl (C=O) groups is 1. The number of alkyl halides is 2. The van der Waals surface area contributed by atoms with Gasteiger partial charge >= 0.3 is 6.09 Å². The first-order valence-corrected chi connectivity index (χ1v) is 6.09. The molecule has 1 aliphatic heterocycles. The molecule has 6 heteroatoms. The summed E-state index contributed by atoms with van der Waals surface area (Å²) in [4.78, 5) is 13.1. The lowest BCUT2D eigenvalue weighted by Gasteiger charge is -2.27. The first-order valence-electron chi connectivity index (χ1n) is 6.09. The molecule has 1 saturated carbocycles. The first kappa shape index (κ1) is 13.5. The van der Waals surface area contributed by atoms with Gasteiger partial charge in [-0.25, -0.2) is 13.6 Å². The molecule has 1 N–H and O–H groups in total. The SMILES string of the molecule is CC(C)(C)OC(=O)N1C[C@@]2(C[C@H]1CO)CC2(F)F. The number of nitrogens with zero attached hydrogens (tertiary/aromatic N) is 1. The number of likely N-dealkylation sites (tertiary alicyclic amines) is 1. The summed E-state index contributed by atoms with van der Waals surface area (Å²) in [7, 11) is 0. The number of ether oxygens (including phenoxy) is 1. The van der Waals surface area contributed by atoms with Gasteiger partial charge in [0.25, 0.3) is 5.92 Å². The Morgan fingerprint density at radius 1 is 1.50 bits per heavy atom. The number of rotatable bonds is 1. The van der Waals surface area contributed by atoms with E-state index in [1.165, 1.54) is 4.90 Å². The van der Waals surface area contributed by atoms with Gasteiger partial charge in [0.15, 0.2) is 0 Å². The van der Waals surface area contributed by atoms with Crippen LogP contribution in [0, 0.1) is 5.41 Å². The molecule has 2 rings (SSSR count). The highest BCUT2D eigenvalue weighted by molar-refractivity contribution is 5.69. The topological polar surface area (TPSA) is 49.8 Å². The smallest absolute Gasteiger partial charge is 0.410 e. The Kier molecular flexibility index (Phi) is 2.85. The van der Waals surface area contributed by atoms with E-state index in [0.717, 1.165) is 0 Å². The second-order valence-electron chi connectivity index (χ2n) is 6.31. The van der Waals surface area contributed by atoms with Crippen LogP contribution in [0.1, 0.15) is 33.6 Å². The van der Waals surface area contributed by atoms with Crippen LogP contribution in [0.2, 0.25) is 0 Å². The van der Waals surface area contributed by atoms with Crippen molar-refractivity contribution in [3.63, 3.8) is 0 Å². The Balaban J connectivity index is 2.07. The van der Waals surface area contributed by atoms with Crippen LogP contribution in [0.3, 0.4) is 0 Å². The van der Waals surface area contributed by atoms with Crippen LogP contribution in [0.4, 0.5) is 13.6 Å². The Bertz CT molecular complexity index is 367. The van der Waals surface area contributed by atoms with E-state index in [9.17, 15) is 18.7 Å². The number of halogens is 2. The standard InChI is InChI=1S/C12H19F2NO3/c1-10(2,3)18-9(17)15-7-11(4-8(15)5-16)6-12(11,13)14/h8,16H,4-7H2,1-3H3/t8-,11+/m0/s1. The maximum absolute atomic E-state index is 13.3. The van der Waals surface area contributed by atoms with Crippen LogP contribution in [-0.4, -0.2) is 46.8 Å². The first-order chi connectivity index (χ1) is 8.10. The number of carbonyl (C=O) groups excluding carboxylic acids is 1. The summed E-state index contributed by atoms with van der Waals surface area (Å²) < 4.78 is 31.8. The van der Waals surface area contributed by atoms with Gasteiger partial charge in [-0.15, -0.1) is 0 Å². The fourth-order valence-corrected chi connectivity index (χ4v) is 2.55. The van der Waals surface area contributed by atoms with Gasteiger partial charge in [-0.3, -0.25) is 0 Å². The third kappa shape index (κ3) is 2.18. The van der Waals surface area contributed by atoms with E-state index >= 15 is 0 Å². The predicted octanol–water partition coefficient (Wildman–Crippen LogP) is 2.01. The Morgan fingerprint density at radius 3 is 2.44 bits per heavy atom. The lowest BCUT2D eigenvalue weighted by Crippen LogP contribution is -2.41. The molecular formula is C12H19F2NO3. The molecule has 4 nitrogen and oxygen atoms in total. The molecule has 0 aromatic rings. The van der Waals surface area contributed by atoms with Crippen LogP contribution in [-0.2, 0) is 4.74 Å². The van der Waals surface area contributed by atoms with E-state index in [-0.39, 0.29) is 26.0 Å². The van der Waals surface area contributed by atoms with Crippen LogP contribution in [0.15, 0.2) is 0 Å². The van der Waals surface area contributed by atoms with Crippen molar-refractivity contribution in [3.05, 3.63) is 0 Å². The molecule has 104 valence electrons. The van der Waals surface area contributed by atoms with Gasteiger partial charge in [0.05, 0.1) is 18.1 Å². The van der Waals surface area contributed by atoms with Gasteiger partial charge < -0.3 is 14.7 Å². The third-order valence-corrected chi connectivity index (χ3v) is 3.59. The van der Waals surface area contributed by atoms with E-state index in [4.69, 9.17) is 4.74 Å².